The lowest BCUT2D eigenvalue weighted by molar-refractivity contribution is -0.139. The van der Waals surface area contributed by atoms with Gasteiger partial charge >= 0.3 is 5.97 Å². The van der Waals surface area contributed by atoms with Crippen LogP contribution >= 0.6 is 11.8 Å². The van der Waals surface area contributed by atoms with Crippen molar-refractivity contribution in [3.63, 3.8) is 0 Å². The first-order chi connectivity index (χ1) is 16.2. The molecule has 0 spiro atoms. The van der Waals surface area contributed by atoms with Crippen molar-refractivity contribution >= 4 is 46.1 Å². The second kappa shape index (κ2) is 11.3. The fourth-order valence-electron chi connectivity index (χ4n) is 3.97. The molecule has 0 fully saturated rings. The average Bonchev–Trinajstić information content (AvgIpc) is 2.83. The summed E-state index contributed by atoms with van der Waals surface area (Å²) in [5.41, 5.74) is 5.93. The second-order valence-electron chi connectivity index (χ2n) is 8.38. The van der Waals surface area contributed by atoms with E-state index in [4.69, 9.17) is 4.74 Å². The summed E-state index contributed by atoms with van der Waals surface area (Å²) in [6.07, 6.45) is 4.37. The number of carbonyl (C=O) groups excluding carboxylic acids is 1. The Bertz CT molecular complexity index is 1230. The summed E-state index contributed by atoms with van der Waals surface area (Å²) >= 11 is 1.55. The number of carboxylic acid groups (broad SMARTS) is 1. The fourth-order valence-corrected chi connectivity index (χ4v) is 4.44. The molecule has 1 unspecified atom stereocenters. The van der Waals surface area contributed by atoms with Crippen molar-refractivity contribution in [2.24, 2.45) is 0 Å². The van der Waals surface area contributed by atoms with E-state index >= 15 is 0 Å². The van der Waals surface area contributed by atoms with Gasteiger partial charge < -0.3 is 15.2 Å². The van der Waals surface area contributed by atoms with Crippen LogP contribution < -0.4 is 10.1 Å². The first kappa shape index (κ1) is 25.4. The van der Waals surface area contributed by atoms with Gasteiger partial charge in [0.05, 0.1) is 7.11 Å². The molecule has 3 aromatic carbocycles. The third-order valence-corrected chi connectivity index (χ3v) is 6.65. The molecule has 3 aromatic rings. The maximum atomic E-state index is 12.5. The van der Waals surface area contributed by atoms with Crippen LogP contribution in [0.3, 0.4) is 0 Å². The van der Waals surface area contributed by atoms with Crippen molar-refractivity contribution in [3.8, 4) is 5.75 Å². The van der Waals surface area contributed by atoms with Crippen LogP contribution in [0, 0.1) is 13.8 Å². The number of ether oxygens (including phenoxy) is 1. The van der Waals surface area contributed by atoms with E-state index in [1.165, 1.54) is 16.3 Å². The Balaban J connectivity index is 1.79. The van der Waals surface area contributed by atoms with Crippen molar-refractivity contribution < 1.29 is 19.4 Å². The van der Waals surface area contributed by atoms with E-state index in [9.17, 15) is 14.7 Å². The zero-order chi connectivity index (χ0) is 24.8. The molecule has 3 rings (SSSR count). The lowest BCUT2D eigenvalue weighted by Gasteiger charge is -2.14. The zero-order valence-corrected chi connectivity index (χ0v) is 21.1. The summed E-state index contributed by atoms with van der Waals surface area (Å²) in [7, 11) is 1.69. The number of nitrogens with one attached hydrogen (secondary N) is 1. The van der Waals surface area contributed by atoms with Crippen LogP contribution in [-0.2, 0) is 4.79 Å². The highest BCUT2D eigenvalue weighted by molar-refractivity contribution is 7.98. The standard InChI is InChI=1S/C28H31NO4S/c1-17(22-10-11-23-19(3)26(33-4)15-18(2)24(23)16-22)14-20-6-8-21(9-7-20)27(30)29-25(28(31)32)12-13-34-5/h6-11,14-16,25H,12-13H2,1-5H3,(H,29,30)(H,31,32)/b17-14+. The number of aryl methyl sites for hydroxylation is 2. The van der Waals surface area contributed by atoms with Crippen LogP contribution in [0.5, 0.6) is 5.75 Å². The molecule has 1 atom stereocenters. The average molecular weight is 478 g/mol. The third kappa shape index (κ3) is 5.81. The summed E-state index contributed by atoms with van der Waals surface area (Å²) in [6.45, 7) is 6.23. The van der Waals surface area contributed by atoms with Crippen LogP contribution in [0.2, 0.25) is 0 Å². The van der Waals surface area contributed by atoms with Crippen molar-refractivity contribution in [2.75, 3.05) is 19.1 Å². The van der Waals surface area contributed by atoms with Crippen LogP contribution in [0.4, 0.5) is 0 Å². The van der Waals surface area contributed by atoms with Gasteiger partial charge in [-0.15, -0.1) is 0 Å². The Hall–Kier alpha value is -3.25. The van der Waals surface area contributed by atoms with E-state index in [2.05, 4.69) is 56.4 Å². The number of hydrogen-bond donors (Lipinski definition) is 2. The highest BCUT2D eigenvalue weighted by atomic mass is 32.2. The molecule has 0 saturated heterocycles. The molecule has 0 heterocycles. The minimum atomic E-state index is -1.02. The fraction of sp³-hybridized carbons (Fsp3) is 0.286. The minimum absolute atomic E-state index is 0.378. The molecule has 0 saturated carbocycles. The monoisotopic (exact) mass is 477 g/mol. The van der Waals surface area contributed by atoms with Gasteiger partial charge in [-0.1, -0.05) is 30.3 Å². The normalized spacial score (nSPS) is 12.4. The molecule has 2 N–H and O–H groups in total. The number of methoxy groups -OCH3 is 1. The zero-order valence-electron chi connectivity index (χ0n) is 20.3. The first-order valence-corrected chi connectivity index (χ1v) is 12.5. The number of amides is 1. The number of carbonyl (C=O) groups is 2. The lowest BCUT2D eigenvalue weighted by atomic mass is 9.95. The van der Waals surface area contributed by atoms with Gasteiger partial charge in [-0.05, 0) is 102 Å². The number of rotatable bonds is 9. The molecule has 0 aliphatic heterocycles. The van der Waals surface area contributed by atoms with Gasteiger partial charge in [0.2, 0.25) is 0 Å². The summed E-state index contributed by atoms with van der Waals surface area (Å²) in [6, 6.07) is 14.8. The van der Waals surface area contributed by atoms with Gasteiger partial charge in [0.1, 0.15) is 11.8 Å². The smallest absolute Gasteiger partial charge is 0.326 e. The molecule has 0 aliphatic rings. The first-order valence-electron chi connectivity index (χ1n) is 11.1. The Labute approximate surface area is 205 Å². The van der Waals surface area contributed by atoms with E-state index < -0.39 is 12.0 Å². The number of hydrogen-bond acceptors (Lipinski definition) is 4. The number of allylic oxidation sites excluding steroid dienone is 1. The van der Waals surface area contributed by atoms with E-state index in [0.29, 0.717) is 17.7 Å². The molecule has 0 radical (unpaired) electrons. The van der Waals surface area contributed by atoms with Gasteiger partial charge in [0, 0.05) is 5.56 Å². The van der Waals surface area contributed by atoms with Crippen molar-refractivity contribution in [3.05, 3.63) is 76.3 Å². The predicted molar refractivity (Wildman–Crippen MR) is 142 cm³/mol. The van der Waals surface area contributed by atoms with E-state index in [-0.39, 0.29) is 5.91 Å². The second-order valence-corrected chi connectivity index (χ2v) is 9.36. The highest BCUT2D eigenvalue weighted by Crippen LogP contribution is 2.32. The minimum Gasteiger partial charge on any atom is -0.496 e. The molecule has 178 valence electrons. The molecule has 34 heavy (non-hydrogen) atoms. The molecule has 0 aliphatic carbocycles. The summed E-state index contributed by atoms with van der Waals surface area (Å²) in [5.74, 6) is 0.170. The van der Waals surface area contributed by atoms with Crippen LogP contribution in [0.25, 0.3) is 22.4 Å². The quantitative estimate of drug-likeness (QED) is 0.372. The van der Waals surface area contributed by atoms with Crippen LogP contribution in [-0.4, -0.2) is 42.1 Å². The van der Waals surface area contributed by atoms with Gasteiger partial charge in [-0.25, -0.2) is 4.79 Å². The van der Waals surface area contributed by atoms with Crippen molar-refractivity contribution in [1.29, 1.82) is 0 Å². The highest BCUT2D eigenvalue weighted by Gasteiger charge is 2.20. The maximum absolute atomic E-state index is 12.5. The van der Waals surface area contributed by atoms with Crippen molar-refractivity contribution in [1.82, 2.24) is 5.32 Å². The maximum Gasteiger partial charge on any atom is 0.326 e. The number of benzene rings is 3. The number of fused-ring (bicyclic) bond motifs is 1. The number of carboxylic acids is 1. The lowest BCUT2D eigenvalue weighted by Crippen LogP contribution is -2.41. The SMILES string of the molecule is COc1cc(C)c2cc(/C(C)=C/c3ccc(C(=O)NC(CCSC)C(=O)O)cc3)ccc2c1C. The van der Waals surface area contributed by atoms with Crippen LogP contribution in [0.15, 0.2) is 48.5 Å². The molecular formula is C28H31NO4S. The van der Waals surface area contributed by atoms with Crippen molar-refractivity contribution in [2.45, 2.75) is 33.2 Å². The molecular weight excluding hydrogens is 446 g/mol. The number of thioether (sulfide) groups is 1. The van der Waals surface area contributed by atoms with Gasteiger partial charge in [-0.3, -0.25) is 4.79 Å². The van der Waals surface area contributed by atoms with Gasteiger partial charge in [-0.2, -0.15) is 11.8 Å². The molecule has 0 bridgehead atoms. The molecule has 5 nitrogen and oxygen atoms in total. The Morgan fingerprint density at radius 2 is 1.74 bits per heavy atom. The van der Waals surface area contributed by atoms with Crippen LogP contribution in [0.1, 0.15) is 46.0 Å². The summed E-state index contributed by atoms with van der Waals surface area (Å²) < 4.78 is 5.50. The van der Waals surface area contributed by atoms with E-state index in [0.717, 1.165) is 28.0 Å². The molecule has 6 heteroatoms. The number of aliphatic carboxylic acids is 1. The molecule has 1 amide bonds. The van der Waals surface area contributed by atoms with Gasteiger partial charge in [0.15, 0.2) is 0 Å². The van der Waals surface area contributed by atoms with E-state index in [1.807, 2.05) is 18.4 Å². The predicted octanol–water partition coefficient (Wildman–Crippen LogP) is 5.96. The summed E-state index contributed by atoms with van der Waals surface area (Å²) in [5, 5.41) is 14.3. The Kier molecular flexibility index (Phi) is 8.40. The molecule has 0 aromatic heterocycles. The third-order valence-electron chi connectivity index (χ3n) is 6.01. The van der Waals surface area contributed by atoms with E-state index in [1.54, 1.807) is 31.0 Å². The Morgan fingerprint density at radius 3 is 2.35 bits per heavy atom. The van der Waals surface area contributed by atoms with Gasteiger partial charge in [0.25, 0.3) is 5.91 Å². The Morgan fingerprint density at radius 1 is 1.06 bits per heavy atom. The summed E-state index contributed by atoms with van der Waals surface area (Å²) in [4.78, 5) is 23.9. The topological polar surface area (TPSA) is 75.6 Å². The largest absolute Gasteiger partial charge is 0.496 e.